The molecule has 6 aromatic rings. The van der Waals surface area contributed by atoms with E-state index >= 15 is 0 Å². The molecule has 12 N–H and O–H groups in total. The lowest BCUT2D eigenvalue weighted by Crippen LogP contribution is -2.39. The Morgan fingerprint density at radius 1 is 0.271 bits per heavy atom. The van der Waals surface area contributed by atoms with E-state index in [0.717, 1.165) is 34.1 Å². The van der Waals surface area contributed by atoms with Crippen molar-refractivity contribution in [2.45, 2.75) is 38.5 Å². The Kier molecular flexibility index (Phi) is 23.9. The molecule has 0 radical (unpaired) electrons. The Bertz CT molecular complexity index is 1510. The van der Waals surface area contributed by atoms with E-state index in [0.29, 0.717) is 0 Å². The summed E-state index contributed by atoms with van der Waals surface area (Å²) in [6.07, 6.45) is 7.09. The van der Waals surface area contributed by atoms with E-state index in [1.54, 1.807) is 0 Å². The van der Waals surface area contributed by atoms with Crippen LogP contribution in [0.25, 0.3) is 0 Å². The molecule has 0 saturated carbocycles. The predicted molar refractivity (Wildman–Crippen MR) is 263 cm³/mol. The lowest BCUT2D eigenvalue weighted by molar-refractivity contribution is 0.392. The molecule has 11 heteroatoms. The first-order chi connectivity index (χ1) is 28.7. The van der Waals surface area contributed by atoms with Crippen molar-refractivity contribution in [1.29, 1.82) is 0 Å². The van der Waals surface area contributed by atoms with Crippen molar-refractivity contribution >= 4 is 56.0 Å². The minimum Gasteiger partial charge on any atom is -0.399 e. The number of para-hydroxylation sites is 6. The van der Waals surface area contributed by atoms with Crippen LogP contribution in [-0.4, -0.2) is 53.3 Å². The summed E-state index contributed by atoms with van der Waals surface area (Å²) in [6, 6.07) is 56.9. The van der Waals surface area contributed by atoms with Gasteiger partial charge in [0.15, 0.2) is 0 Å². The van der Waals surface area contributed by atoms with E-state index in [1.165, 1.54) is 77.8 Å². The van der Waals surface area contributed by atoms with Crippen molar-refractivity contribution in [1.82, 2.24) is 14.0 Å². The molecule has 0 aliphatic carbocycles. The van der Waals surface area contributed by atoms with Crippen LogP contribution in [0.2, 0.25) is 0 Å². The summed E-state index contributed by atoms with van der Waals surface area (Å²) in [5, 5.41) is 0. The van der Waals surface area contributed by atoms with E-state index < -0.39 is 6.42 Å². The zero-order chi connectivity index (χ0) is 42.4. The van der Waals surface area contributed by atoms with Gasteiger partial charge in [0.25, 0.3) is 6.42 Å². The van der Waals surface area contributed by atoms with Gasteiger partial charge in [-0.3, -0.25) is 0 Å². The van der Waals surface area contributed by atoms with Gasteiger partial charge in [0.1, 0.15) is 0 Å². The van der Waals surface area contributed by atoms with Crippen molar-refractivity contribution < 1.29 is 0 Å². The first-order valence-corrected chi connectivity index (χ1v) is 24.0. The summed E-state index contributed by atoms with van der Waals surface area (Å²) in [5.74, 6) is 0. The van der Waals surface area contributed by atoms with Crippen molar-refractivity contribution in [2.75, 3.05) is 73.7 Å². The van der Waals surface area contributed by atoms with E-state index in [-0.39, 0.29) is 0 Å². The fourth-order valence-electron chi connectivity index (χ4n) is 6.12. The molecule has 3 aliphatic heterocycles. The third-order valence-corrected chi connectivity index (χ3v) is 16.5. The maximum atomic E-state index is 5.36. The predicted octanol–water partition coefficient (Wildman–Crippen LogP) is 11.0. The van der Waals surface area contributed by atoms with Crippen LogP contribution in [0.5, 0.6) is 0 Å². The third-order valence-electron chi connectivity index (χ3n) is 9.12. The largest absolute Gasteiger partial charge is 0.399 e. The number of anilines is 6. The van der Waals surface area contributed by atoms with Gasteiger partial charge in [-0.1, -0.05) is 109 Å². The average Bonchev–Trinajstić information content (AvgIpc) is 4.10. The summed E-state index contributed by atoms with van der Waals surface area (Å²) < 4.78 is 8.34. The molecular weight excluding hydrogens is 813 g/mol. The Labute approximate surface area is 362 Å². The summed E-state index contributed by atoms with van der Waals surface area (Å²) >= 11 is 4.25. The van der Waals surface area contributed by atoms with Crippen LogP contribution in [-0.2, 0) is 0 Å². The van der Waals surface area contributed by atoms with Gasteiger partial charge >= 0.3 is 0 Å². The molecule has 0 aromatic heterocycles. The maximum absolute atomic E-state index is 5.36. The Morgan fingerprint density at radius 3 is 0.508 bits per heavy atom. The van der Waals surface area contributed by atoms with Crippen LogP contribution in [0.3, 0.4) is 0 Å². The average molecular weight is 880 g/mol. The van der Waals surface area contributed by atoms with Gasteiger partial charge in [-0.25, -0.2) is 0 Å². The number of nitrogens with zero attached hydrogens (tertiary/aromatic N) is 3. The van der Waals surface area contributed by atoms with Crippen molar-refractivity contribution in [3.63, 3.8) is 0 Å². The highest BCUT2D eigenvalue weighted by atomic mass is 79.9. The molecule has 9 rings (SSSR count). The van der Waals surface area contributed by atoms with E-state index in [9.17, 15) is 0 Å². The van der Waals surface area contributed by atoms with Crippen LogP contribution in [0.1, 0.15) is 38.5 Å². The van der Waals surface area contributed by atoms with Crippen LogP contribution in [0.15, 0.2) is 182 Å². The van der Waals surface area contributed by atoms with E-state index in [1.807, 2.05) is 182 Å². The number of rotatable bonds is 3. The number of hydrogen-bond acceptors (Lipinski definition) is 9. The van der Waals surface area contributed by atoms with Gasteiger partial charge in [-0.05, 0) is 111 Å². The number of nitrogens with two attached hydrogens (primary N) is 6. The fourth-order valence-corrected chi connectivity index (χ4v) is 12.4. The second-order valence-corrected chi connectivity index (χ2v) is 19.5. The quantitative estimate of drug-likeness (QED) is 0.0749. The molecule has 0 spiro atoms. The first-order valence-electron chi connectivity index (χ1n) is 20.4. The number of benzene rings is 6. The molecule has 59 heavy (non-hydrogen) atoms. The minimum atomic E-state index is -1.30. The van der Waals surface area contributed by atoms with Crippen molar-refractivity contribution in [3.8, 4) is 0 Å². The maximum Gasteiger partial charge on any atom is 0.299 e. The molecule has 3 saturated heterocycles. The number of halogens is 1. The first kappa shape index (κ1) is 48.3. The van der Waals surface area contributed by atoms with Crippen molar-refractivity contribution in [3.05, 3.63) is 182 Å². The van der Waals surface area contributed by atoms with Crippen molar-refractivity contribution in [2.24, 2.45) is 0 Å². The molecule has 3 fully saturated rings. The SMILES string of the molecule is Br[P+](N1CCCC1)(N1CCCC1)N1CCCC1.Nc1ccccc1.Nc1ccccc1.Nc1ccccc1.Nc1ccccc1.Nc1ccccc1.Nc1ccccc1. The summed E-state index contributed by atoms with van der Waals surface area (Å²) in [4.78, 5) is 0. The summed E-state index contributed by atoms with van der Waals surface area (Å²) in [7, 11) is 0. The lowest BCUT2D eigenvalue weighted by Gasteiger charge is -2.38. The smallest absolute Gasteiger partial charge is 0.299 e. The van der Waals surface area contributed by atoms with Gasteiger partial charge in [-0.2, -0.15) is 0 Å². The highest BCUT2D eigenvalue weighted by Crippen LogP contribution is 2.75. The highest BCUT2D eigenvalue weighted by molar-refractivity contribution is 9.41. The Morgan fingerprint density at radius 2 is 0.407 bits per heavy atom. The van der Waals surface area contributed by atoms with Crippen LogP contribution in [0, 0.1) is 0 Å². The number of hydrogen-bond donors (Lipinski definition) is 6. The van der Waals surface area contributed by atoms with Gasteiger partial charge in [-0.15, -0.1) is 14.0 Å². The van der Waals surface area contributed by atoms with Gasteiger partial charge < -0.3 is 34.4 Å². The fraction of sp³-hybridized carbons (Fsp3) is 0.250. The molecule has 314 valence electrons. The van der Waals surface area contributed by atoms with E-state index in [4.69, 9.17) is 34.4 Å². The number of nitrogen functional groups attached to an aromatic ring is 6. The highest BCUT2D eigenvalue weighted by Gasteiger charge is 2.57. The summed E-state index contributed by atoms with van der Waals surface area (Å²) in [6.45, 7) is 7.87. The standard InChI is InChI=1S/C12H24BrN3P.6C6H7N/c13-17(14-7-1-2-8-14,15-9-3-4-10-15)16-11-5-6-12-16;6*7-6-4-2-1-3-5-6/h1-12H2;6*1-5H,7H2/q+1;;;;;;. The van der Waals surface area contributed by atoms with Crippen LogP contribution < -0.4 is 34.4 Å². The van der Waals surface area contributed by atoms with Gasteiger partial charge in [0.2, 0.25) is 15.5 Å². The molecule has 0 unspecified atom stereocenters. The normalized spacial score (nSPS) is 14.6. The zero-order valence-corrected chi connectivity index (χ0v) is 36.9. The molecule has 3 heterocycles. The zero-order valence-electron chi connectivity index (χ0n) is 34.4. The summed E-state index contributed by atoms with van der Waals surface area (Å²) in [5.41, 5.74) is 37.1. The Balaban J connectivity index is 0.000000192. The molecule has 0 bridgehead atoms. The van der Waals surface area contributed by atoms with Gasteiger partial charge in [0.05, 0.1) is 0 Å². The topological polar surface area (TPSA) is 166 Å². The second kappa shape index (κ2) is 29.2. The molecular formula is C48H66BrN9P+. The second-order valence-electron chi connectivity index (χ2n) is 13.9. The monoisotopic (exact) mass is 878 g/mol. The van der Waals surface area contributed by atoms with Gasteiger partial charge in [0, 0.05) is 73.4 Å². The lowest BCUT2D eigenvalue weighted by atomic mass is 10.3. The minimum absolute atomic E-state index is 0.822. The van der Waals surface area contributed by atoms with E-state index in [2.05, 4.69) is 29.5 Å². The molecule has 6 aromatic carbocycles. The Hall–Kier alpha value is -5.09. The molecule has 9 nitrogen and oxygen atoms in total. The van der Waals surface area contributed by atoms with Crippen LogP contribution >= 0.6 is 21.9 Å². The molecule has 0 atom stereocenters. The van der Waals surface area contributed by atoms with Crippen LogP contribution in [0.4, 0.5) is 34.1 Å². The molecule has 3 aliphatic rings. The molecule has 0 amide bonds. The third kappa shape index (κ3) is 20.4.